The third-order valence-corrected chi connectivity index (χ3v) is 3.74. The number of urea groups is 1. The highest BCUT2D eigenvalue weighted by molar-refractivity contribution is 5.74. The fraction of sp³-hybridized carbons (Fsp3) is 0.533. The van der Waals surface area contributed by atoms with Crippen LogP contribution in [0, 0.1) is 11.7 Å². The van der Waals surface area contributed by atoms with Crippen LogP contribution >= 0.6 is 0 Å². The van der Waals surface area contributed by atoms with E-state index in [9.17, 15) is 9.18 Å². The lowest BCUT2D eigenvalue weighted by atomic mass is 9.98. The van der Waals surface area contributed by atoms with Crippen molar-refractivity contribution in [2.75, 3.05) is 26.2 Å². The van der Waals surface area contributed by atoms with Gasteiger partial charge in [0.25, 0.3) is 0 Å². The molecule has 0 spiro atoms. The average molecular weight is 280 g/mol. The summed E-state index contributed by atoms with van der Waals surface area (Å²) in [7, 11) is 0. The lowest BCUT2D eigenvalue weighted by Crippen LogP contribution is -2.45. The lowest BCUT2D eigenvalue weighted by molar-refractivity contribution is 0.137. The van der Waals surface area contributed by atoms with Gasteiger partial charge >= 0.3 is 6.03 Å². The minimum atomic E-state index is -0.250. The summed E-state index contributed by atoms with van der Waals surface area (Å²) >= 11 is 0. The number of aliphatic hydroxyl groups is 1. The first-order valence-corrected chi connectivity index (χ1v) is 7.07. The van der Waals surface area contributed by atoms with Crippen molar-refractivity contribution in [2.45, 2.75) is 19.3 Å². The topological polar surface area (TPSA) is 52.6 Å². The maximum Gasteiger partial charge on any atom is 0.317 e. The number of likely N-dealkylation sites (tertiary alicyclic amines) is 1. The van der Waals surface area contributed by atoms with E-state index in [1.165, 1.54) is 12.1 Å². The van der Waals surface area contributed by atoms with Crippen molar-refractivity contribution in [3.05, 3.63) is 35.6 Å². The third-order valence-electron chi connectivity index (χ3n) is 3.74. The molecule has 1 saturated heterocycles. The molecule has 110 valence electrons. The maximum absolute atomic E-state index is 13.0. The van der Waals surface area contributed by atoms with Gasteiger partial charge in [0, 0.05) is 26.2 Å². The monoisotopic (exact) mass is 280 g/mol. The van der Waals surface area contributed by atoms with Gasteiger partial charge < -0.3 is 15.3 Å². The Kier molecular flexibility index (Phi) is 5.35. The molecule has 0 atom stereocenters. The summed E-state index contributed by atoms with van der Waals surface area (Å²) < 4.78 is 13.0. The molecule has 20 heavy (non-hydrogen) atoms. The Morgan fingerprint density at radius 1 is 1.40 bits per heavy atom. The highest BCUT2D eigenvalue weighted by Crippen LogP contribution is 2.16. The molecule has 4 nitrogen and oxygen atoms in total. The van der Waals surface area contributed by atoms with Crippen LogP contribution in [0.3, 0.4) is 0 Å². The van der Waals surface area contributed by atoms with Gasteiger partial charge in [-0.15, -0.1) is 0 Å². The molecule has 2 N–H and O–H groups in total. The van der Waals surface area contributed by atoms with Crippen LogP contribution in [0.4, 0.5) is 9.18 Å². The number of carbonyl (C=O) groups is 1. The van der Waals surface area contributed by atoms with Gasteiger partial charge in [-0.1, -0.05) is 12.1 Å². The van der Waals surface area contributed by atoms with E-state index in [0.29, 0.717) is 32.0 Å². The lowest BCUT2D eigenvalue weighted by Gasteiger charge is -2.31. The summed E-state index contributed by atoms with van der Waals surface area (Å²) in [5, 5.41) is 11.9. The molecule has 1 aliphatic rings. The number of nitrogens with zero attached hydrogens (tertiary/aromatic N) is 1. The molecule has 1 aromatic rings. The molecule has 0 radical (unpaired) electrons. The van der Waals surface area contributed by atoms with E-state index in [1.54, 1.807) is 11.0 Å². The summed E-state index contributed by atoms with van der Waals surface area (Å²) in [6.07, 6.45) is 2.33. The first kappa shape index (κ1) is 14.8. The van der Waals surface area contributed by atoms with Crippen LogP contribution in [0.1, 0.15) is 18.4 Å². The zero-order valence-electron chi connectivity index (χ0n) is 11.5. The molecular formula is C15H21FN2O2. The first-order chi connectivity index (χ1) is 9.69. The summed E-state index contributed by atoms with van der Waals surface area (Å²) in [5.41, 5.74) is 0.879. The molecule has 1 heterocycles. The van der Waals surface area contributed by atoms with E-state index >= 15 is 0 Å². The van der Waals surface area contributed by atoms with E-state index in [4.69, 9.17) is 5.11 Å². The van der Waals surface area contributed by atoms with Crippen molar-refractivity contribution in [3.63, 3.8) is 0 Å². The normalized spacial score (nSPS) is 16.2. The molecule has 0 aromatic heterocycles. The Balaban J connectivity index is 1.70. The molecule has 5 heteroatoms. The number of aliphatic hydroxyl groups excluding tert-OH is 1. The molecule has 0 saturated carbocycles. The van der Waals surface area contributed by atoms with Crippen molar-refractivity contribution in [3.8, 4) is 0 Å². The highest BCUT2D eigenvalue weighted by atomic mass is 19.1. The molecule has 2 rings (SSSR count). The number of amides is 2. The molecule has 1 aromatic carbocycles. The molecular weight excluding hydrogens is 259 g/mol. The number of hydrogen-bond acceptors (Lipinski definition) is 2. The van der Waals surface area contributed by atoms with Crippen LogP contribution in [0.2, 0.25) is 0 Å². The Morgan fingerprint density at radius 3 is 2.80 bits per heavy atom. The Bertz CT molecular complexity index is 445. The third kappa shape index (κ3) is 4.20. The second-order valence-corrected chi connectivity index (χ2v) is 5.22. The van der Waals surface area contributed by atoms with Crippen LogP contribution in [0.5, 0.6) is 0 Å². The highest BCUT2D eigenvalue weighted by Gasteiger charge is 2.21. The van der Waals surface area contributed by atoms with Gasteiger partial charge in [0.2, 0.25) is 0 Å². The Hall–Kier alpha value is -1.62. The number of benzene rings is 1. The van der Waals surface area contributed by atoms with Gasteiger partial charge in [0.1, 0.15) is 5.82 Å². The quantitative estimate of drug-likeness (QED) is 0.883. The SMILES string of the molecule is O=C(NCCc1cccc(F)c1)N1CCC(CO)CC1. The molecule has 2 amide bonds. The molecule has 0 unspecified atom stereocenters. The van der Waals surface area contributed by atoms with Crippen molar-refractivity contribution >= 4 is 6.03 Å². The first-order valence-electron chi connectivity index (χ1n) is 7.07. The zero-order chi connectivity index (χ0) is 14.4. The zero-order valence-corrected chi connectivity index (χ0v) is 11.5. The van der Waals surface area contributed by atoms with Crippen molar-refractivity contribution < 1.29 is 14.3 Å². The largest absolute Gasteiger partial charge is 0.396 e. The van der Waals surface area contributed by atoms with E-state index in [1.807, 2.05) is 6.07 Å². The minimum Gasteiger partial charge on any atom is -0.396 e. The maximum atomic E-state index is 13.0. The van der Waals surface area contributed by atoms with E-state index in [2.05, 4.69) is 5.32 Å². The van der Waals surface area contributed by atoms with Crippen LogP contribution < -0.4 is 5.32 Å². The van der Waals surface area contributed by atoms with Gasteiger partial charge in [-0.2, -0.15) is 0 Å². The predicted octanol–water partition coefficient (Wildman–Crippen LogP) is 1.78. The van der Waals surface area contributed by atoms with Gasteiger partial charge in [0.05, 0.1) is 0 Å². The van der Waals surface area contributed by atoms with Crippen LogP contribution in [0.15, 0.2) is 24.3 Å². The van der Waals surface area contributed by atoms with Gasteiger partial charge in [-0.25, -0.2) is 9.18 Å². The Labute approximate surface area is 118 Å². The predicted molar refractivity (Wildman–Crippen MR) is 74.9 cm³/mol. The summed E-state index contributed by atoms with van der Waals surface area (Å²) in [6, 6.07) is 6.35. The van der Waals surface area contributed by atoms with Gasteiger partial charge in [0.15, 0.2) is 0 Å². The van der Waals surface area contributed by atoms with Crippen molar-refractivity contribution in [2.24, 2.45) is 5.92 Å². The fourth-order valence-corrected chi connectivity index (χ4v) is 2.44. The summed E-state index contributed by atoms with van der Waals surface area (Å²) in [6.45, 7) is 2.09. The average Bonchev–Trinajstić information content (AvgIpc) is 2.47. The number of piperidine rings is 1. The van der Waals surface area contributed by atoms with Crippen LogP contribution in [-0.4, -0.2) is 42.3 Å². The molecule has 0 bridgehead atoms. The van der Waals surface area contributed by atoms with Gasteiger partial charge in [-0.3, -0.25) is 0 Å². The van der Waals surface area contributed by atoms with E-state index in [-0.39, 0.29) is 18.5 Å². The standard InChI is InChI=1S/C15H21FN2O2/c16-14-3-1-2-12(10-14)4-7-17-15(20)18-8-5-13(11-19)6-9-18/h1-3,10,13,19H,4-9,11H2,(H,17,20). The van der Waals surface area contributed by atoms with Gasteiger partial charge in [-0.05, 0) is 42.9 Å². The van der Waals surface area contributed by atoms with E-state index < -0.39 is 0 Å². The fourth-order valence-electron chi connectivity index (χ4n) is 2.44. The second kappa shape index (κ2) is 7.24. The number of carbonyl (C=O) groups excluding carboxylic acids is 1. The summed E-state index contributed by atoms with van der Waals surface area (Å²) in [5.74, 6) is 0.0752. The van der Waals surface area contributed by atoms with Crippen LogP contribution in [0.25, 0.3) is 0 Å². The van der Waals surface area contributed by atoms with Crippen LogP contribution in [-0.2, 0) is 6.42 Å². The number of halogens is 1. The number of nitrogens with one attached hydrogen (secondary N) is 1. The van der Waals surface area contributed by atoms with Crippen molar-refractivity contribution in [1.29, 1.82) is 0 Å². The van der Waals surface area contributed by atoms with E-state index in [0.717, 1.165) is 18.4 Å². The van der Waals surface area contributed by atoms with Crippen molar-refractivity contribution in [1.82, 2.24) is 10.2 Å². The Morgan fingerprint density at radius 2 is 2.15 bits per heavy atom. The molecule has 1 aliphatic heterocycles. The second-order valence-electron chi connectivity index (χ2n) is 5.22. The molecule has 0 aliphatic carbocycles. The molecule has 1 fully saturated rings. The minimum absolute atomic E-state index is 0.0715. The smallest absolute Gasteiger partial charge is 0.317 e. The number of rotatable bonds is 4. The number of hydrogen-bond donors (Lipinski definition) is 2. The summed E-state index contributed by atoms with van der Waals surface area (Å²) in [4.78, 5) is 13.7.